The SMILES string of the molecule is CC1CC(O)(C2=CCCCO2)CC(C)O1. The number of aliphatic hydroxyl groups is 1. The van der Waals surface area contributed by atoms with E-state index in [0.717, 1.165) is 25.2 Å². The van der Waals surface area contributed by atoms with E-state index in [0.29, 0.717) is 12.8 Å². The molecule has 15 heavy (non-hydrogen) atoms. The van der Waals surface area contributed by atoms with Crippen molar-refractivity contribution in [2.24, 2.45) is 0 Å². The Morgan fingerprint density at radius 1 is 1.33 bits per heavy atom. The van der Waals surface area contributed by atoms with Crippen molar-refractivity contribution < 1.29 is 14.6 Å². The molecule has 86 valence electrons. The van der Waals surface area contributed by atoms with E-state index in [2.05, 4.69) is 0 Å². The normalized spacial score (nSPS) is 41.9. The summed E-state index contributed by atoms with van der Waals surface area (Å²) in [5.74, 6) is 0.774. The first kappa shape index (κ1) is 11.0. The van der Waals surface area contributed by atoms with Gasteiger partial charge in [0.2, 0.25) is 0 Å². The minimum absolute atomic E-state index is 0.102. The van der Waals surface area contributed by atoms with Crippen LogP contribution in [0.15, 0.2) is 11.8 Å². The minimum Gasteiger partial charge on any atom is -0.495 e. The Morgan fingerprint density at radius 2 is 2.00 bits per heavy atom. The van der Waals surface area contributed by atoms with Crippen molar-refractivity contribution >= 4 is 0 Å². The van der Waals surface area contributed by atoms with Crippen LogP contribution in [0.1, 0.15) is 39.5 Å². The second-order valence-corrected chi connectivity index (χ2v) is 4.76. The molecule has 0 spiro atoms. The fourth-order valence-corrected chi connectivity index (χ4v) is 2.61. The van der Waals surface area contributed by atoms with E-state index < -0.39 is 5.60 Å². The van der Waals surface area contributed by atoms with Gasteiger partial charge in [-0.05, 0) is 32.8 Å². The van der Waals surface area contributed by atoms with E-state index in [1.54, 1.807) is 0 Å². The van der Waals surface area contributed by atoms with Gasteiger partial charge in [-0.25, -0.2) is 0 Å². The average molecular weight is 212 g/mol. The van der Waals surface area contributed by atoms with Crippen molar-refractivity contribution in [2.45, 2.75) is 57.3 Å². The number of rotatable bonds is 1. The second-order valence-electron chi connectivity index (χ2n) is 4.76. The molecule has 0 amide bonds. The molecule has 0 aromatic carbocycles. The van der Waals surface area contributed by atoms with Crippen molar-refractivity contribution in [1.82, 2.24) is 0 Å². The van der Waals surface area contributed by atoms with E-state index in [4.69, 9.17) is 9.47 Å². The summed E-state index contributed by atoms with van der Waals surface area (Å²) in [6.07, 6.45) is 5.60. The van der Waals surface area contributed by atoms with Crippen LogP contribution in [0, 0.1) is 0 Å². The topological polar surface area (TPSA) is 38.7 Å². The summed E-state index contributed by atoms with van der Waals surface area (Å²) in [4.78, 5) is 0. The lowest BCUT2D eigenvalue weighted by Crippen LogP contribution is -2.45. The predicted octanol–water partition coefficient (Wildman–Crippen LogP) is 2.00. The highest BCUT2D eigenvalue weighted by Gasteiger charge is 2.41. The van der Waals surface area contributed by atoms with Gasteiger partial charge in [-0.1, -0.05) is 0 Å². The number of ether oxygens (including phenoxy) is 2. The van der Waals surface area contributed by atoms with Gasteiger partial charge in [0.1, 0.15) is 11.4 Å². The molecular weight excluding hydrogens is 192 g/mol. The maximum Gasteiger partial charge on any atom is 0.126 e. The fraction of sp³-hybridized carbons (Fsp3) is 0.833. The van der Waals surface area contributed by atoms with E-state index in [-0.39, 0.29) is 12.2 Å². The lowest BCUT2D eigenvalue weighted by Gasteiger charge is -2.40. The molecule has 1 saturated heterocycles. The summed E-state index contributed by atoms with van der Waals surface area (Å²) in [6, 6.07) is 0. The first-order valence-electron chi connectivity index (χ1n) is 5.81. The summed E-state index contributed by atoms with van der Waals surface area (Å²) in [6.45, 7) is 4.74. The van der Waals surface area contributed by atoms with Crippen molar-refractivity contribution in [1.29, 1.82) is 0 Å². The maximum absolute atomic E-state index is 10.6. The molecule has 0 aromatic heterocycles. The summed E-state index contributed by atoms with van der Waals surface area (Å²) in [5.41, 5.74) is -0.794. The Bertz CT molecular complexity index is 250. The molecule has 2 aliphatic heterocycles. The van der Waals surface area contributed by atoms with Crippen molar-refractivity contribution in [3.05, 3.63) is 11.8 Å². The molecule has 1 fully saturated rings. The van der Waals surface area contributed by atoms with Crippen LogP contribution in [0.2, 0.25) is 0 Å². The highest BCUT2D eigenvalue weighted by molar-refractivity contribution is 5.14. The van der Waals surface area contributed by atoms with Crippen LogP contribution in [0.4, 0.5) is 0 Å². The predicted molar refractivity (Wildman–Crippen MR) is 57.5 cm³/mol. The molecule has 1 N–H and O–H groups in total. The molecule has 2 aliphatic rings. The summed E-state index contributed by atoms with van der Waals surface area (Å²) in [7, 11) is 0. The van der Waals surface area contributed by atoms with Crippen LogP contribution < -0.4 is 0 Å². The van der Waals surface area contributed by atoms with E-state index >= 15 is 0 Å². The molecule has 2 atom stereocenters. The van der Waals surface area contributed by atoms with Crippen LogP contribution in [0.3, 0.4) is 0 Å². The third-order valence-corrected chi connectivity index (χ3v) is 3.11. The standard InChI is InChI=1S/C12H20O3/c1-9-7-12(13,8-10(2)15-9)11-5-3-4-6-14-11/h5,9-10,13H,3-4,6-8H2,1-2H3. The van der Waals surface area contributed by atoms with Gasteiger partial charge in [-0.3, -0.25) is 0 Å². The maximum atomic E-state index is 10.6. The van der Waals surface area contributed by atoms with Gasteiger partial charge >= 0.3 is 0 Å². The number of hydrogen-bond acceptors (Lipinski definition) is 3. The van der Waals surface area contributed by atoms with Crippen LogP contribution in [-0.4, -0.2) is 29.5 Å². The van der Waals surface area contributed by atoms with Gasteiger partial charge in [0.15, 0.2) is 0 Å². The van der Waals surface area contributed by atoms with Gasteiger partial charge in [0, 0.05) is 12.8 Å². The zero-order valence-corrected chi connectivity index (χ0v) is 9.53. The van der Waals surface area contributed by atoms with Gasteiger partial charge in [0.25, 0.3) is 0 Å². The Morgan fingerprint density at radius 3 is 2.53 bits per heavy atom. The molecule has 0 aromatic rings. The second kappa shape index (κ2) is 4.14. The van der Waals surface area contributed by atoms with E-state index in [1.165, 1.54) is 0 Å². The molecule has 3 heteroatoms. The van der Waals surface area contributed by atoms with Crippen LogP contribution in [-0.2, 0) is 9.47 Å². The number of hydrogen-bond donors (Lipinski definition) is 1. The monoisotopic (exact) mass is 212 g/mol. The molecule has 0 saturated carbocycles. The molecule has 3 nitrogen and oxygen atoms in total. The van der Waals surface area contributed by atoms with E-state index in [1.807, 2.05) is 19.9 Å². The molecular formula is C12H20O3. The van der Waals surface area contributed by atoms with Gasteiger partial charge < -0.3 is 14.6 Å². The largest absolute Gasteiger partial charge is 0.495 e. The van der Waals surface area contributed by atoms with Crippen LogP contribution in [0.5, 0.6) is 0 Å². The van der Waals surface area contributed by atoms with E-state index in [9.17, 15) is 5.11 Å². The van der Waals surface area contributed by atoms with Gasteiger partial charge in [-0.15, -0.1) is 0 Å². The Kier molecular flexibility index (Phi) is 3.03. The highest BCUT2D eigenvalue weighted by Crippen LogP contribution is 2.36. The zero-order chi connectivity index (χ0) is 10.9. The van der Waals surface area contributed by atoms with Gasteiger partial charge in [-0.2, -0.15) is 0 Å². The lowest BCUT2D eigenvalue weighted by atomic mass is 9.85. The van der Waals surface area contributed by atoms with Crippen molar-refractivity contribution in [3.8, 4) is 0 Å². The minimum atomic E-state index is -0.794. The van der Waals surface area contributed by atoms with Crippen molar-refractivity contribution in [3.63, 3.8) is 0 Å². The molecule has 0 radical (unpaired) electrons. The fourth-order valence-electron chi connectivity index (χ4n) is 2.61. The summed E-state index contributed by atoms with van der Waals surface area (Å²) in [5, 5.41) is 10.6. The third kappa shape index (κ3) is 2.34. The van der Waals surface area contributed by atoms with Gasteiger partial charge in [0.05, 0.1) is 18.8 Å². The van der Waals surface area contributed by atoms with Crippen LogP contribution in [0.25, 0.3) is 0 Å². The first-order chi connectivity index (χ1) is 7.10. The molecule has 0 aliphatic carbocycles. The molecule has 2 unspecified atom stereocenters. The lowest BCUT2D eigenvalue weighted by molar-refractivity contribution is -0.133. The smallest absolute Gasteiger partial charge is 0.126 e. The zero-order valence-electron chi connectivity index (χ0n) is 9.53. The van der Waals surface area contributed by atoms with Crippen molar-refractivity contribution in [2.75, 3.05) is 6.61 Å². The Balaban J connectivity index is 2.13. The first-order valence-corrected chi connectivity index (χ1v) is 5.81. The molecule has 0 bridgehead atoms. The summed E-state index contributed by atoms with van der Waals surface area (Å²) < 4.78 is 11.2. The Hall–Kier alpha value is -0.540. The van der Waals surface area contributed by atoms with Crippen LogP contribution >= 0.6 is 0 Å². The summed E-state index contributed by atoms with van der Waals surface area (Å²) >= 11 is 0. The Labute approximate surface area is 91.1 Å². The quantitative estimate of drug-likeness (QED) is 0.722. The number of allylic oxidation sites excluding steroid dienone is 1. The molecule has 2 heterocycles. The third-order valence-electron chi connectivity index (χ3n) is 3.11. The molecule has 2 rings (SSSR count). The highest BCUT2D eigenvalue weighted by atomic mass is 16.5. The average Bonchev–Trinajstić information content (AvgIpc) is 2.17.